The molecule has 4 atom stereocenters. The monoisotopic (exact) mass is 654 g/mol. The maximum absolute atomic E-state index is 14.3. The number of carbonyl (C=O) groups is 4. The van der Waals surface area contributed by atoms with Crippen LogP contribution in [-0.4, -0.2) is 89.8 Å². The second-order valence-electron chi connectivity index (χ2n) is 15.4. The Morgan fingerprint density at radius 3 is 2.62 bits per heavy atom. The molecule has 4 heterocycles. The number of amides is 4. The third-order valence-electron chi connectivity index (χ3n) is 9.84. The van der Waals surface area contributed by atoms with Crippen molar-refractivity contribution >= 4 is 31.1 Å². The molecule has 13 heteroatoms. The fraction of sp³-hybridized carbons (Fsp3) is 0.706. The predicted octanol–water partition coefficient (Wildman–Crippen LogP) is 3.71. The molecule has 0 aromatic heterocycles. The maximum atomic E-state index is 14.3. The Morgan fingerprint density at radius 2 is 1.85 bits per heavy atom. The molecule has 5 rings (SSSR count). The molecule has 0 radical (unpaired) electrons. The Morgan fingerprint density at radius 1 is 1.09 bits per heavy atom. The Labute approximate surface area is 278 Å². The summed E-state index contributed by atoms with van der Waals surface area (Å²) < 4.78 is 17.1. The zero-order chi connectivity index (χ0) is 33.9. The highest BCUT2D eigenvalue weighted by Gasteiger charge is 2.47. The number of carbonyl (C=O) groups excluding carboxylic acids is 4. The smallest absolute Gasteiger partial charge is 0.449 e. The number of cyclic esters (lactones) is 1. The molecule has 1 aromatic rings. The largest absolute Gasteiger partial charge is 0.478 e. The van der Waals surface area contributed by atoms with Crippen LogP contribution in [0.1, 0.15) is 96.3 Å². The van der Waals surface area contributed by atoms with Crippen LogP contribution < -0.4 is 10.6 Å². The van der Waals surface area contributed by atoms with Crippen LogP contribution in [0.3, 0.4) is 0 Å². The summed E-state index contributed by atoms with van der Waals surface area (Å²) in [4.78, 5) is 57.8. The SMILES string of the molecule is CC1(C)CCCCc2cccc3c2CN(C3)C(=O)O[C@@H]2C[C@@H](C(=O)N[C@H]3CCCCOB3O)N(C2)C(=O)[C@H](C(C)(C)C)NC(=O)OC1. The van der Waals surface area contributed by atoms with Gasteiger partial charge in [0.15, 0.2) is 0 Å². The molecule has 0 unspecified atom stereocenters. The van der Waals surface area contributed by atoms with E-state index in [4.69, 9.17) is 14.1 Å². The summed E-state index contributed by atoms with van der Waals surface area (Å²) in [7, 11) is -1.17. The summed E-state index contributed by atoms with van der Waals surface area (Å²) in [5.74, 6) is -1.59. The average molecular weight is 655 g/mol. The van der Waals surface area contributed by atoms with Gasteiger partial charge in [0.2, 0.25) is 11.8 Å². The summed E-state index contributed by atoms with van der Waals surface area (Å²) in [6.07, 6.45) is 3.83. The van der Waals surface area contributed by atoms with Crippen molar-refractivity contribution < 1.29 is 38.3 Å². The summed E-state index contributed by atoms with van der Waals surface area (Å²) in [6, 6.07) is 4.17. The molecule has 0 saturated carbocycles. The van der Waals surface area contributed by atoms with E-state index in [-0.39, 0.29) is 25.0 Å². The molecule has 258 valence electrons. The highest BCUT2D eigenvalue weighted by atomic mass is 16.6. The van der Waals surface area contributed by atoms with Crippen molar-refractivity contribution in [2.45, 2.75) is 123 Å². The first-order valence-corrected chi connectivity index (χ1v) is 17.1. The number of rotatable bonds is 2. The zero-order valence-electron chi connectivity index (χ0n) is 28.5. The van der Waals surface area contributed by atoms with Gasteiger partial charge in [0.25, 0.3) is 0 Å². The first-order valence-electron chi connectivity index (χ1n) is 17.1. The molecular weight excluding hydrogens is 603 g/mol. The number of fused-ring (bicyclic) bond motifs is 3. The summed E-state index contributed by atoms with van der Waals surface area (Å²) in [6.45, 7) is 11.1. The number of aryl methyl sites for hydroxylation is 1. The van der Waals surface area contributed by atoms with Crippen LogP contribution in [-0.2, 0) is 43.2 Å². The third kappa shape index (κ3) is 8.59. The lowest BCUT2D eigenvalue weighted by atomic mass is 9.76. The molecule has 47 heavy (non-hydrogen) atoms. The van der Waals surface area contributed by atoms with Crippen LogP contribution >= 0.6 is 0 Å². The number of ether oxygens (including phenoxy) is 2. The van der Waals surface area contributed by atoms with Crippen molar-refractivity contribution in [3.05, 3.63) is 34.9 Å². The van der Waals surface area contributed by atoms with Crippen molar-refractivity contribution in [1.82, 2.24) is 20.4 Å². The van der Waals surface area contributed by atoms with E-state index in [0.717, 1.165) is 49.7 Å². The van der Waals surface area contributed by atoms with E-state index in [1.54, 1.807) is 4.90 Å². The van der Waals surface area contributed by atoms with Gasteiger partial charge < -0.3 is 34.7 Å². The molecule has 12 nitrogen and oxygen atoms in total. The van der Waals surface area contributed by atoms with Crippen LogP contribution in [0.15, 0.2) is 18.2 Å². The van der Waals surface area contributed by atoms with E-state index in [9.17, 15) is 24.2 Å². The van der Waals surface area contributed by atoms with Gasteiger partial charge in [0.05, 0.1) is 19.1 Å². The summed E-state index contributed by atoms with van der Waals surface area (Å²) >= 11 is 0. The van der Waals surface area contributed by atoms with Crippen LogP contribution in [0.5, 0.6) is 0 Å². The quantitative estimate of drug-likeness (QED) is 0.410. The molecular formula is C34H51BN4O8. The molecule has 2 saturated heterocycles. The Bertz CT molecular complexity index is 1330. The summed E-state index contributed by atoms with van der Waals surface area (Å²) in [5, 5.41) is 16.2. The first kappa shape index (κ1) is 35.0. The van der Waals surface area contributed by atoms with E-state index in [0.29, 0.717) is 26.1 Å². The van der Waals surface area contributed by atoms with Gasteiger partial charge in [-0.05, 0) is 66.0 Å². The summed E-state index contributed by atoms with van der Waals surface area (Å²) in [5.41, 5.74) is 2.46. The van der Waals surface area contributed by atoms with Gasteiger partial charge in [-0.2, -0.15) is 0 Å². The van der Waals surface area contributed by atoms with Gasteiger partial charge in [0.1, 0.15) is 18.2 Å². The maximum Gasteiger partial charge on any atom is 0.478 e. The Kier molecular flexibility index (Phi) is 10.7. The topological polar surface area (TPSA) is 147 Å². The molecule has 3 N–H and O–H groups in total. The lowest BCUT2D eigenvalue weighted by molar-refractivity contribution is -0.142. The van der Waals surface area contributed by atoms with Crippen molar-refractivity contribution in [3.63, 3.8) is 0 Å². The van der Waals surface area contributed by atoms with Crippen molar-refractivity contribution in [3.8, 4) is 0 Å². The second-order valence-corrected chi connectivity index (χ2v) is 15.4. The number of alkyl carbamates (subject to hydrolysis) is 1. The van der Waals surface area contributed by atoms with Gasteiger partial charge in [-0.1, -0.05) is 59.2 Å². The van der Waals surface area contributed by atoms with Crippen LogP contribution in [0, 0.1) is 10.8 Å². The van der Waals surface area contributed by atoms with E-state index >= 15 is 0 Å². The second kappa shape index (κ2) is 14.4. The molecule has 0 aliphatic carbocycles. The zero-order valence-corrected chi connectivity index (χ0v) is 28.5. The van der Waals surface area contributed by atoms with Crippen molar-refractivity contribution in [2.75, 3.05) is 19.8 Å². The normalized spacial score (nSPS) is 27.8. The standard InChI is InChI=1S/C34H51BN4O8/c1-33(2,3)28-30(41)39-19-24(17-26(39)29(40)36-27-14-7-9-16-46-35(27)44)47-32(43)38-18-23-13-10-12-22(25(23)20-38)11-6-8-15-34(4,5)21-45-31(42)37-28/h10,12-13,24,26-28,44H,6-9,11,14-21H2,1-5H3,(H,36,40)(H,37,42)/t24-,26+,27+,28-/m1/s1. The number of nitrogens with zero attached hydrogens (tertiary/aromatic N) is 2. The molecule has 4 amide bonds. The highest BCUT2D eigenvalue weighted by molar-refractivity contribution is 6.45. The fourth-order valence-electron chi connectivity index (χ4n) is 7.02. The minimum Gasteiger partial charge on any atom is -0.449 e. The molecule has 4 bridgehead atoms. The van der Waals surface area contributed by atoms with Crippen LogP contribution in [0.2, 0.25) is 0 Å². The Balaban J connectivity index is 1.42. The van der Waals surface area contributed by atoms with E-state index in [2.05, 4.69) is 30.5 Å². The molecule has 4 aliphatic rings. The fourth-order valence-corrected chi connectivity index (χ4v) is 7.02. The highest BCUT2D eigenvalue weighted by Crippen LogP contribution is 2.32. The molecule has 0 spiro atoms. The van der Waals surface area contributed by atoms with Gasteiger partial charge in [-0.15, -0.1) is 0 Å². The number of hydrogen-bond acceptors (Lipinski definition) is 8. The van der Waals surface area contributed by atoms with Crippen molar-refractivity contribution in [1.29, 1.82) is 0 Å². The predicted molar refractivity (Wildman–Crippen MR) is 175 cm³/mol. The van der Waals surface area contributed by atoms with Gasteiger partial charge >= 0.3 is 19.3 Å². The lowest BCUT2D eigenvalue weighted by Crippen LogP contribution is -2.59. The average Bonchev–Trinajstić information content (AvgIpc) is 3.58. The van der Waals surface area contributed by atoms with Crippen LogP contribution in [0.25, 0.3) is 0 Å². The molecule has 4 aliphatic heterocycles. The number of nitrogens with one attached hydrogen (secondary N) is 2. The van der Waals surface area contributed by atoms with Gasteiger partial charge in [-0.3, -0.25) is 14.5 Å². The van der Waals surface area contributed by atoms with Crippen molar-refractivity contribution in [2.24, 2.45) is 10.8 Å². The molecule has 2 fully saturated rings. The minimum atomic E-state index is -1.17. The van der Waals surface area contributed by atoms with Gasteiger partial charge in [0, 0.05) is 26.1 Å². The number of hydrogen-bond donors (Lipinski definition) is 3. The van der Waals surface area contributed by atoms with Crippen LogP contribution in [0.4, 0.5) is 9.59 Å². The third-order valence-corrected chi connectivity index (χ3v) is 9.84. The molecule has 1 aromatic carbocycles. The Hall–Kier alpha value is -3.32. The number of benzene rings is 1. The minimum absolute atomic E-state index is 0.0191. The van der Waals surface area contributed by atoms with E-state index in [1.807, 2.05) is 32.9 Å². The van der Waals surface area contributed by atoms with Gasteiger partial charge in [-0.25, -0.2) is 9.59 Å². The lowest BCUT2D eigenvalue weighted by Gasteiger charge is -2.35. The van der Waals surface area contributed by atoms with E-state index < -0.39 is 60.7 Å². The first-order chi connectivity index (χ1) is 22.2. The van der Waals surface area contributed by atoms with E-state index in [1.165, 1.54) is 10.5 Å².